The van der Waals surface area contributed by atoms with Crippen molar-refractivity contribution in [2.45, 2.75) is 38.6 Å². The molecular formula is C17H21NO2S. The smallest absolute Gasteiger partial charge is 0.261 e. The number of carbonyl (C=O) groups is 1. The Morgan fingerprint density at radius 3 is 3.00 bits per heavy atom. The predicted molar refractivity (Wildman–Crippen MR) is 84.1 cm³/mol. The van der Waals surface area contributed by atoms with E-state index in [0.29, 0.717) is 10.8 Å². The molecule has 1 amide bonds. The summed E-state index contributed by atoms with van der Waals surface area (Å²) in [4.78, 5) is 13.8. The van der Waals surface area contributed by atoms with Crippen molar-refractivity contribution in [2.75, 3.05) is 6.61 Å². The Morgan fingerprint density at radius 2 is 2.33 bits per heavy atom. The van der Waals surface area contributed by atoms with E-state index in [1.54, 1.807) is 0 Å². The monoisotopic (exact) mass is 303 g/mol. The third-order valence-corrected chi connectivity index (χ3v) is 5.91. The molecule has 0 spiro atoms. The van der Waals surface area contributed by atoms with Gasteiger partial charge in [-0.25, -0.2) is 0 Å². The lowest BCUT2D eigenvalue weighted by molar-refractivity contribution is 0.0919. The zero-order chi connectivity index (χ0) is 14.8. The number of fused-ring (bicyclic) bond motifs is 2. The summed E-state index contributed by atoms with van der Waals surface area (Å²) >= 11 is 1.38. The van der Waals surface area contributed by atoms with Crippen LogP contribution in [0.5, 0.6) is 0 Å². The summed E-state index contributed by atoms with van der Waals surface area (Å²) in [6, 6.07) is 3.90. The first-order valence-electron chi connectivity index (χ1n) is 7.68. The highest BCUT2D eigenvalue weighted by atomic mass is 32.1. The van der Waals surface area contributed by atoms with Crippen molar-refractivity contribution in [3.8, 4) is 11.8 Å². The quantitative estimate of drug-likeness (QED) is 0.843. The van der Waals surface area contributed by atoms with Crippen molar-refractivity contribution in [3.63, 3.8) is 0 Å². The molecule has 0 saturated heterocycles. The van der Waals surface area contributed by atoms with E-state index in [0.717, 1.165) is 16.7 Å². The Bertz CT molecular complexity index is 583. The van der Waals surface area contributed by atoms with Crippen LogP contribution in [0.25, 0.3) is 0 Å². The third kappa shape index (κ3) is 3.14. The lowest BCUT2D eigenvalue weighted by Crippen LogP contribution is -2.39. The topological polar surface area (TPSA) is 49.3 Å². The van der Waals surface area contributed by atoms with Gasteiger partial charge in [0.25, 0.3) is 5.91 Å². The van der Waals surface area contributed by atoms with E-state index in [1.807, 2.05) is 12.1 Å². The molecule has 2 fully saturated rings. The van der Waals surface area contributed by atoms with Crippen LogP contribution in [0.3, 0.4) is 0 Å². The van der Waals surface area contributed by atoms with Crippen molar-refractivity contribution in [1.29, 1.82) is 0 Å². The summed E-state index contributed by atoms with van der Waals surface area (Å²) in [6.45, 7) is 1.99. The van der Waals surface area contributed by atoms with E-state index in [1.165, 1.54) is 37.0 Å². The van der Waals surface area contributed by atoms with Gasteiger partial charge in [-0.05, 0) is 56.1 Å². The molecule has 1 heterocycles. The Hall–Kier alpha value is -1.31. The van der Waals surface area contributed by atoms with Gasteiger partial charge < -0.3 is 10.4 Å². The molecule has 0 aromatic carbocycles. The van der Waals surface area contributed by atoms with Crippen molar-refractivity contribution in [3.05, 3.63) is 21.9 Å². The summed E-state index contributed by atoms with van der Waals surface area (Å²) in [5, 5.41) is 11.9. The van der Waals surface area contributed by atoms with E-state index >= 15 is 0 Å². The van der Waals surface area contributed by atoms with Crippen LogP contribution in [0.2, 0.25) is 0 Å². The standard InChI is InChI=1S/C17H21NO2S/c1-11(15-10-12-4-5-13(15)9-12)18-17(20)16-7-6-14(21-16)3-2-8-19/h6-7,11-13,15,19H,4-5,8-10H2,1H3,(H,18,20). The van der Waals surface area contributed by atoms with Crippen LogP contribution in [0, 0.1) is 29.6 Å². The summed E-state index contributed by atoms with van der Waals surface area (Å²) in [7, 11) is 0. The molecule has 0 radical (unpaired) electrons. The van der Waals surface area contributed by atoms with Gasteiger partial charge in [0.2, 0.25) is 0 Å². The maximum Gasteiger partial charge on any atom is 0.261 e. The average Bonchev–Trinajstić information content (AvgIpc) is 3.20. The fourth-order valence-corrected chi connectivity index (χ4v) is 4.73. The number of thiophene rings is 1. The van der Waals surface area contributed by atoms with Gasteiger partial charge in [0, 0.05) is 6.04 Å². The lowest BCUT2D eigenvalue weighted by atomic mass is 9.84. The molecule has 0 aliphatic heterocycles. The van der Waals surface area contributed by atoms with Gasteiger partial charge in [-0.2, -0.15) is 0 Å². The minimum absolute atomic E-state index is 0.00678. The van der Waals surface area contributed by atoms with Gasteiger partial charge in [0.05, 0.1) is 9.75 Å². The number of aliphatic hydroxyl groups is 1. The molecule has 4 unspecified atom stereocenters. The lowest BCUT2D eigenvalue weighted by Gasteiger charge is -2.28. The second-order valence-corrected chi connectivity index (χ2v) is 7.31. The Morgan fingerprint density at radius 1 is 1.48 bits per heavy atom. The van der Waals surface area contributed by atoms with E-state index in [4.69, 9.17) is 5.11 Å². The summed E-state index contributed by atoms with van der Waals surface area (Å²) in [5.74, 6) is 7.83. The molecule has 3 nitrogen and oxygen atoms in total. The molecule has 4 heteroatoms. The van der Waals surface area contributed by atoms with E-state index in [-0.39, 0.29) is 18.6 Å². The van der Waals surface area contributed by atoms with Crippen LogP contribution in [-0.2, 0) is 0 Å². The highest BCUT2D eigenvalue weighted by Crippen LogP contribution is 2.49. The molecule has 112 valence electrons. The van der Waals surface area contributed by atoms with Gasteiger partial charge >= 0.3 is 0 Å². The fourth-order valence-electron chi connectivity index (χ4n) is 3.94. The molecule has 1 aromatic rings. The largest absolute Gasteiger partial charge is 0.384 e. The normalized spacial score (nSPS) is 28.0. The Kier molecular flexibility index (Phi) is 4.32. The predicted octanol–water partition coefficient (Wildman–Crippen LogP) is 2.65. The molecule has 2 N–H and O–H groups in total. The molecule has 2 saturated carbocycles. The minimum Gasteiger partial charge on any atom is -0.384 e. The summed E-state index contributed by atoms with van der Waals surface area (Å²) in [6.07, 6.45) is 5.38. The van der Waals surface area contributed by atoms with Gasteiger partial charge in [-0.15, -0.1) is 11.3 Å². The SMILES string of the molecule is CC(NC(=O)c1ccc(C#CCO)s1)C1CC2CCC1C2. The zero-order valence-corrected chi connectivity index (χ0v) is 13.1. The van der Waals surface area contributed by atoms with Gasteiger partial charge in [-0.3, -0.25) is 4.79 Å². The van der Waals surface area contributed by atoms with Gasteiger partial charge in [0.15, 0.2) is 0 Å². The Labute approximate surface area is 129 Å². The van der Waals surface area contributed by atoms with Crippen LogP contribution in [-0.4, -0.2) is 23.7 Å². The van der Waals surface area contributed by atoms with Crippen LogP contribution in [0.1, 0.15) is 47.2 Å². The van der Waals surface area contributed by atoms with Crippen molar-refractivity contribution >= 4 is 17.2 Å². The summed E-state index contributed by atoms with van der Waals surface area (Å²) in [5.41, 5.74) is 0. The Balaban J connectivity index is 1.59. The van der Waals surface area contributed by atoms with Crippen molar-refractivity contribution < 1.29 is 9.90 Å². The fraction of sp³-hybridized carbons (Fsp3) is 0.588. The van der Waals surface area contributed by atoms with E-state index in [9.17, 15) is 4.79 Å². The molecule has 4 atom stereocenters. The van der Waals surface area contributed by atoms with Crippen LogP contribution in [0.4, 0.5) is 0 Å². The number of nitrogens with one attached hydrogen (secondary N) is 1. The second kappa shape index (κ2) is 6.21. The average molecular weight is 303 g/mol. The number of hydrogen-bond acceptors (Lipinski definition) is 3. The highest BCUT2D eigenvalue weighted by Gasteiger charge is 2.42. The van der Waals surface area contributed by atoms with Gasteiger partial charge in [0.1, 0.15) is 6.61 Å². The minimum atomic E-state index is -0.152. The number of amides is 1. The highest BCUT2D eigenvalue weighted by molar-refractivity contribution is 7.14. The number of hydrogen-bond donors (Lipinski definition) is 2. The van der Waals surface area contributed by atoms with Gasteiger partial charge in [-0.1, -0.05) is 18.3 Å². The zero-order valence-electron chi connectivity index (χ0n) is 12.3. The van der Waals surface area contributed by atoms with Crippen molar-refractivity contribution in [2.24, 2.45) is 17.8 Å². The molecule has 2 aliphatic rings. The van der Waals surface area contributed by atoms with Crippen LogP contribution in [0.15, 0.2) is 12.1 Å². The second-order valence-electron chi connectivity index (χ2n) is 6.22. The number of carbonyl (C=O) groups excluding carboxylic acids is 1. The molecule has 1 aromatic heterocycles. The first-order valence-corrected chi connectivity index (χ1v) is 8.49. The first kappa shape index (κ1) is 14.6. The molecule has 2 bridgehead atoms. The maximum absolute atomic E-state index is 12.3. The maximum atomic E-state index is 12.3. The molecule has 21 heavy (non-hydrogen) atoms. The molecule has 2 aliphatic carbocycles. The van der Waals surface area contributed by atoms with Crippen molar-refractivity contribution in [1.82, 2.24) is 5.32 Å². The molecule has 3 rings (SSSR count). The molecular weight excluding hydrogens is 282 g/mol. The summed E-state index contributed by atoms with van der Waals surface area (Å²) < 4.78 is 0. The van der Waals surface area contributed by atoms with Crippen LogP contribution >= 0.6 is 11.3 Å². The van der Waals surface area contributed by atoms with E-state index in [2.05, 4.69) is 24.1 Å². The third-order valence-electron chi connectivity index (χ3n) is 4.91. The van der Waals surface area contributed by atoms with E-state index < -0.39 is 0 Å². The first-order chi connectivity index (χ1) is 10.2. The number of rotatable bonds is 3. The number of aliphatic hydroxyl groups excluding tert-OH is 1. The van der Waals surface area contributed by atoms with Crippen LogP contribution < -0.4 is 5.32 Å².